The van der Waals surface area contributed by atoms with Crippen LogP contribution in [0.1, 0.15) is 71.7 Å². The number of carbonyl (C=O) groups excluding carboxylic acids is 1. The van der Waals surface area contributed by atoms with Crippen LogP contribution in [0.5, 0.6) is 0 Å². The first-order valence-corrected chi connectivity index (χ1v) is 15.4. The number of aryl methyl sites for hydroxylation is 4. The zero-order chi connectivity index (χ0) is 36.5. The van der Waals surface area contributed by atoms with Gasteiger partial charge in [-0.2, -0.15) is 13.2 Å². The van der Waals surface area contributed by atoms with E-state index in [-0.39, 0.29) is 42.0 Å². The molecule has 48 heavy (non-hydrogen) atoms. The predicted octanol–water partition coefficient (Wildman–Crippen LogP) is 6.17. The molecule has 0 saturated carbocycles. The number of carboxylic acids is 1. The Balaban J connectivity index is 2.26. The topological polar surface area (TPSA) is 112 Å². The average molecular weight is 680 g/mol. The number of nitrogens with one attached hydrogen (secondary N) is 1. The molecule has 0 saturated heterocycles. The first-order valence-electron chi connectivity index (χ1n) is 15.4. The lowest BCUT2D eigenvalue weighted by Crippen LogP contribution is -2.52. The molecule has 3 N–H and O–H groups in total. The van der Waals surface area contributed by atoms with E-state index in [9.17, 15) is 37.8 Å². The van der Waals surface area contributed by atoms with Gasteiger partial charge >= 0.3 is 12.1 Å². The minimum atomic E-state index is -4.87. The third-order valence-electron chi connectivity index (χ3n) is 8.11. The number of benzene rings is 2. The summed E-state index contributed by atoms with van der Waals surface area (Å²) in [5.41, 5.74) is -4.71. The number of carbonyl (C=O) groups is 2. The number of pyridine rings is 1. The van der Waals surface area contributed by atoms with Crippen molar-refractivity contribution in [1.29, 1.82) is 0 Å². The molecule has 0 radical (unpaired) electrons. The summed E-state index contributed by atoms with van der Waals surface area (Å²) >= 11 is 0. The molecule has 0 aliphatic rings. The van der Waals surface area contributed by atoms with Crippen molar-refractivity contribution in [2.75, 3.05) is 20.6 Å². The number of aliphatic hydroxyl groups is 1. The van der Waals surface area contributed by atoms with Gasteiger partial charge < -0.3 is 25.0 Å². The van der Waals surface area contributed by atoms with Crippen LogP contribution in [0, 0.1) is 45.2 Å². The van der Waals surface area contributed by atoms with E-state index in [0.29, 0.717) is 22.8 Å². The Labute approximate surface area is 276 Å². The Morgan fingerprint density at radius 1 is 0.958 bits per heavy atom. The maximum atomic E-state index is 16.5. The quantitative estimate of drug-likeness (QED) is 0.156. The molecule has 1 unspecified atom stereocenters. The van der Waals surface area contributed by atoms with Gasteiger partial charge in [-0.25, -0.2) is 8.78 Å². The van der Waals surface area contributed by atoms with Crippen LogP contribution >= 0.6 is 0 Å². The number of likely N-dealkylation sites (N-methyl/N-ethyl adjacent to an activating group) is 1. The van der Waals surface area contributed by atoms with Crippen molar-refractivity contribution in [3.8, 4) is 11.1 Å². The standard InChI is InChI=1S/C35H42F5N3O5/c1-18(2)11-26(43-17-23(9-10-42(7)8)25(15-27(43)44)35(38,39)40)33(47)41-34(48,16-28(45)46)30-31(36)22(6)14-24(32(30)37)29-20(4)12-19(3)13-21(29)5/h12-15,17-18,26,48H,9-11,16H2,1-8H3,(H,41,47)(H,45,46)/t26?,34-/m0/s1. The van der Waals surface area contributed by atoms with E-state index >= 15 is 8.78 Å². The van der Waals surface area contributed by atoms with Gasteiger partial charge in [0.1, 0.15) is 17.7 Å². The Kier molecular flexibility index (Phi) is 11.6. The van der Waals surface area contributed by atoms with E-state index in [4.69, 9.17) is 0 Å². The predicted molar refractivity (Wildman–Crippen MR) is 171 cm³/mol. The fourth-order valence-corrected chi connectivity index (χ4v) is 6.06. The van der Waals surface area contributed by atoms with E-state index < -0.39 is 64.6 Å². The van der Waals surface area contributed by atoms with Gasteiger partial charge in [0, 0.05) is 24.4 Å². The molecule has 1 heterocycles. The summed E-state index contributed by atoms with van der Waals surface area (Å²) in [4.78, 5) is 40.8. The Morgan fingerprint density at radius 3 is 2.04 bits per heavy atom. The number of hydrogen-bond acceptors (Lipinski definition) is 5. The zero-order valence-electron chi connectivity index (χ0n) is 28.3. The largest absolute Gasteiger partial charge is 0.481 e. The third-order valence-corrected chi connectivity index (χ3v) is 8.11. The van der Waals surface area contributed by atoms with Crippen LogP contribution < -0.4 is 10.9 Å². The number of alkyl halides is 3. The summed E-state index contributed by atoms with van der Waals surface area (Å²) in [6.07, 6.45) is -5.62. The van der Waals surface area contributed by atoms with Crippen molar-refractivity contribution < 1.29 is 41.8 Å². The lowest BCUT2D eigenvalue weighted by molar-refractivity contribution is -0.148. The highest BCUT2D eigenvalue weighted by molar-refractivity contribution is 5.82. The van der Waals surface area contributed by atoms with Gasteiger partial charge in [0.05, 0.1) is 17.5 Å². The van der Waals surface area contributed by atoms with Crippen molar-refractivity contribution in [3.05, 3.63) is 91.4 Å². The summed E-state index contributed by atoms with van der Waals surface area (Å²) in [6, 6.07) is 3.57. The van der Waals surface area contributed by atoms with E-state index in [1.54, 1.807) is 58.8 Å². The summed E-state index contributed by atoms with van der Waals surface area (Å²) in [5.74, 6) is -5.91. The van der Waals surface area contributed by atoms with Crippen LogP contribution in [0.25, 0.3) is 11.1 Å². The van der Waals surface area contributed by atoms with E-state index in [0.717, 1.165) is 16.3 Å². The van der Waals surface area contributed by atoms with E-state index in [1.165, 1.54) is 13.0 Å². The number of amides is 1. The number of rotatable bonds is 12. The van der Waals surface area contributed by atoms with Crippen LogP contribution in [-0.2, 0) is 27.9 Å². The Hall–Kier alpha value is -4.10. The molecule has 0 bridgehead atoms. The van der Waals surface area contributed by atoms with Crippen molar-refractivity contribution in [2.24, 2.45) is 5.92 Å². The fourth-order valence-electron chi connectivity index (χ4n) is 6.06. The van der Waals surface area contributed by atoms with Gasteiger partial charge in [-0.05, 0) is 94.4 Å². The van der Waals surface area contributed by atoms with Crippen molar-refractivity contribution in [3.63, 3.8) is 0 Å². The normalized spacial score (nSPS) is 13.9. The first-order chi connectivity index (χ1) is 22.1. The monoisotopic (exact) mass is 679 g/mol. The second-order valence-corrected chi connectivity index (χ2v) is 13.1. The van der Waals surface area contributed by atoms with Crippen molar-refractivity contribution in [1.82, 2.24) is 14.8 Å². The smallest absolute Gasteiger partial charge is 0.416 e. The molecule has 2 aromatic carbocycles. The van der Waals surface area contributed by atoms with Gasteiger partial charge in [0.25, 0.3) is 5.56 Å². The summed E-state index contributed by atoms with van der Waals surface area (Å²) in [5, 5.41) is 23.6. The van der Waals surface area contributed by atoms with Gasteiger partial charge in [-0.3, -0.25) is 14.4 Å². The second kappa shape index (κ2) is 14.6. The molecule has 262 valence electrons. The summed E-state index contributed by atoms with van der Waals surface area (Å²) in [6.45, 7) is 10.1. The number of hydrogen-bond donors (Lipinski definition) is 3. The van der Waals surface area contributed by atoms with Crippen LogP contribution in [-0.4, -0.2) is 52.2 Å². The van der Waals surface area contributed by atoms with Gasteiger partial charge in [0.2, 0.25) is 5.91 Å². The first kappa shape index (κ1) is 38.3. The molecule has 1 amide bonds. The van der Waals surface area contributed by atoms with Gasteiger partial charge in [-0.1, -0.05) is 31.5 Å². The molecular formula is C35H42F5N3O5. The van der Waals surface area contributed by atoms with E-state index in [2.05, 4.69) is 5.32 Å². The van der Waals surface area contributed by atoms with Crippen LogP contribution in [0.2, 0.25) is 0 Å². The average Bonchev–Trinajstić information content (AvgIpc) is 2.92. The summed E-state index contributed by atoms with van der Waals surface area (Å²) < 4.78 is 74.9. The zero-order valence-corrected chi connectivity index (χ0v) is 28.3. The molecule has 13 heteroatoms. The lowest BCUT2D eigenvalue weighted by atomic mass is 9.87. The third kappa shape index (κ3) is 8.48. The second-order valence-electron chi connectivity index (χ2n) is 13.1. The Morgan fingerprint density at radius 2 is 1.54 bits per heavy atom. The molecule has 3 rings (SSSR count). The maximum Gasteiger partial charge on any atom is 0.416 e. The van der Waals surface area contributed by atoms with Gasteiger partial charge in [-0.15, -0.1) is 0 Å². The SMILES string of the molecule is Cc1cc(C)c(-c2cc(C)c(F)c([C@@](O)(CC(=O)O)NC(=O)C(CC(C)C)n3cc(CCN(C)C)c(C(F)(F)F)cc3=O)c2F)c(C)c1. The summed E-state index contributed by atoms with van der Waals surface area (Å²) in [7, 11) is 3.30. The highest BCUT2D eigenvalue weighted by Crippen LogP contribution is 2.39. The van der Waals surface area contributed by atoms with Gasteiger partial charge in [0.15, 0.2) is 5.72 Å². The minimum absolute atomic E-state index is 0.137. The molecular weight excluding hydrogens is 637 g/mol. The molecule has 0 aliphatic heterocycles. The number of carboxylic acid groups (broad SMARTS) is 1. The highest BCUT2D eigenvalue weighted by atomic mass is 19.4. The van der Waals surface area contributed by atoms with E-state index in [1.807, 2.05) is 6.92 Å². The molecule has 2 atom stereocenters. The number of aromatic nitrogens is 1. The highest BCUT2D eigenvalue weighted by Gasteiger charge is 2.43. The molecule has 0 fully saturated rings. The number of nitrogens with zero attached hydrogens (tertiary/aromatic N) is 2. The maximum absolute atomic E-state index is 16.5. The molecule has 0 spiro atoms. The number of halogens is 5. The molecule has 8 nitrogen and oxygen atoms in total. The van der Waals surface area contributed by atoms with Crippen LogP contribution in [0.3, 0.4) is 0 Å². The molecule has 3 aromatic rings. The van der Waals surface area contributed by atoms with Crippen LogP contribution in [0.15, 0.2) is 35.3 Å². The Bertz CT molecular complexity index is 1740. The number of aliphatic carboxylic acids is 1. The fraction of sp³-hybridized carbons (Fsp3) is 0.457. The molecule has 1 aromatic heterocycles. The lowest BCUT2D eigenvalue weighted by Gasteiger charge is -2.33. The molecule has 0 aliphatic carbocycles. The van der Waals surface area contributed by atoms with Crippen molar-refractivity contribution in [2.45, 2.75) is 78.7 Å². The van der Waals surface area contributed by atoms with Crippen LogP contribution in [0.4, 0.5) is 22.0 Å². The van der Waals surface area contributed by atoms with Crippen molar-refractivity contribution >= 4 is 11.9 Å². The minimum Gasteiger partial charge on any atom is -0.481 e.